The fourth-order valence-electron chi connectivity index (χ4n) is 4.98. The molecule has 2 aromatic rings. The molecular formula is C28H34N2O5. The van der Waals surface area contributed by atoms with E-state index in [0.29, 0.717) is 13.0 Å². The summed E-state index contributed by atoms with van der Waals surface area (Å²) >= 11 is 0. The average molecular weight is 479 g/mol. The molecule has 0 spiro atoms. The first-order chi connectivity index (χ1) is 16.9. The van der Waals surface area contributed by atoms with Crippen LogP contribution in [-0.2, 0) is 14.3 Å². The number of alkyl carbamates (subject to hydrolysis) is 1. The van der Waals surface area contributed by atoms with Gasteiger partial charge in [0.1, 0.15) is 6.61 Å². The zero-order chi connectivity index (χ0) is 24.8. The van der Waals surface area contributed by atoms with Crippen molar-refractivity contribution in [1.29, 1.82) is 0 Å². The van der Waals surface area contributed by atoms with Crippen LogP contribution in [0.1, 0.15) is 62.5 Å². The lowest BCUT2D eigenvalue weighted by atomic mass is 9.96. The van der Waals surface area contributed by atoms with Crippen LogP contribution in [0, 0.1) is 11.3 Å². The lowest BCUT2D eigenvalue weighted by Crippen LogP contribution is -2.41. The number of rotatable bonds is 12. The standard InChI is InChI=1S/C28H34N2O5/c1-2-19(11-12-25(31)32)13-16-29-26(33)28(14-15-28)18-30-27(34)35-17-24-22-9-5-3-7-20(22)21-8-4-6-10-23(21)24/h3-10,19,24H,2,11-18H2,1H3,(H,29,33)(H,30,34)(H,31,32). The van der Waals surface area contributed by atoms with Crippen LogP contribution in [0.3, 0.4) is 0 Å². The molecule has 0 radical (unpaired) electrons. The van der Waals surface area contributed by atoms with Crippen LogP contribution >= 0.6 is 0 Å². The second kappa shape index (κ2) is 10.9. The number of aliphatic carboxylic acids is 1. The van der Waals surface area contributed by atoms with Gasteiger partial charge in [-0.1, -0.05) is 61.9 Å². The molecule has 1 saturated carbocycles. The van der Waals surface area contributed by atoms with Crippen LogP contribution in [0.15, 0.2) is 48.5 Å². The Morgan fingerprint density at radius 3 is 2.20 bits per heavy atom. The van der Waals surface area contributed by atoms with Gasteiger partial charge in [-0.3, -0.25) is 9.59 Å². The Morgan fingerprint density at radius 2 is 1.63 bits per heavy atom. The maximum absolute atomic E-state index is 12.7. The number of carboxylic acids is 1. The normalized spacial score (nSPS) is 16.0. The highest BCUT2D eigenvalue weighted by Crippen LogP contribution is 2.46. The van der Waals surface area contributed by atoms with Crippen LogP contribution in [0.4, 0.5) is 4.79 Å². The Hall–Kier alpha value is -3.35. The van der Waals surface area contributed by atoms with Crippen LogP contribution in [0.2, 0.25) is 0 Å². The monoisotopic (exact) mass is 478 g/mol. The van der Waals surface area contributed by atoms with Crippen LogP contribution in [-0.4, -0.2) is 42.8 Å². The summed E-state index contributed by atoms with van der Waals surface area (Å²) in [6.07, 6.45) is 3.38. The number of benzene rings is 2. The summed E-state index contributed by atoms with van der Waals surface area (Å²) in [7, 11) is 0. The van der Waals surface area contributed by atoms with Crippen molar-refractivity contribution in [1.82, 2.24) is 10.6 Å². The Balaban J connectivity index is 1.23. The van der Waals surface area contributed by atoms with E-state index in [1.807, 2.05) is 31.2 Å². The van der Waals surface area contributed by atoms with Crippen molar-refractivity contribution >= 4 is 18.0 Å². The van der Waals surface area contributed by atoms with E-state index in [-0.39, 0.29) is 37.3 Å². The number of carboxylic acid groups (broad SMARTS) is 1. The molecule has 0 saturated heterocycles. The summed E-state index contributed by atoms with van der Waals surface area (Å²) in [6, 6.07) is 16.4. The molecule has 0 heterocycles. The first kappa shape index (κ1) is 24.8. The largest absolute Gasteiger partial charge is 0.481 e. The van der Waals surface area contributed by atoms with Crippen LogP contribution < -0.4 is 10.6 Å². The summed E-state index contributed by atoms with van der Waals surface area (Å²) in [5.74, 6) is -0.562. The van der Waals surface area contributed by atoms with Gasteiger partial charge in [0.25, 0.3) is 0 Å². The molecule has 2 aliphatic carbocycles. The molecule has 0 bridgehead atoms. The third-order valence-electron chi connectivity index (χ3n) is 7.43. The minimum atomic E-state index is -0.788. The molecule has 186 valence electrons. The molecule has 7 nitrogen and oxygen atoms in total. The van der Waals surface area contributed by atoms with E-state index >= 15 is 0 Å². The lowest BCUT2D eigenvalue weighted by Gasteiger charge is -2.19. The first-order valence-corrected chi connectivity index (χ1v) is 12.5. The molecule has 2 amide bonds. The number of fused-ring (bicyclic) bond motifs is 3. The number of hydrogen-bond acceptors (Lipinski definition) is 4. The number of nitrogens with one attached hydrogen (secondary N) is 2. The second-order valence-electron chi connectivity index (χ2n) is 9.71. The van der Waals surface area contributed by atoms with Crippen molar-refractivity contribution in [3.8, 4) is 11.1 Å². The number of carbonyl (C=O) groups is 3. The quantitative estimate of drug-likeness (QED) is 0.410. The first-order valence-electron chi connectivity index (χ1n) is 12.5. The minimum Gasteiger partial charge on any atom is -0.481 e. The third-order valence-corrected chi connectivity index (χ3v) is 7.43. The Morgan fingerprint density at radius 1 is 1.00 bits per heavy atom. The van der Waals surface area contributed by atoms with Gasteiger partial charge in [0, 0.05) is 25.4 Å². The zero-order valence-corrected chi connectivity index (χ0v) is 20.2. The number of hydrogen-bond donors (Lipinski definition) is 3. The van der Waals surface area contributed by atoms with Gasteiger partial charge in [0.15, 0.2) is 0 Å². The summed E-state index contributed by atoms with van der Waals surface area (Å²) in [5.41, 5.74) is 4.12. The van der Waals surface area contributed by atoms with E-state index in [1.54, 1.807) is 0 Å². The molecule has 0 aliphatic heterocycles. The van der Waals surface area contributed by atoms with Gasteiger partial charge in [-0.05, 0) is 53.9 Å². The molecule has 1 atom stereocenters. The van der Waals surface area contributed by atoms with E-state index in [4.69, 9.17) is 9.84 Å². The van der Waals surface area contributed by atoms with Crippen molar-refractivity contribution < 1.29 is 24.2 Å². The summed E-state index contributed by atoms with van der Waals surface area (Å²) in [4.78, 5) is 36.0. The van der Waals surface area contributed by atoms with E-state index in [9.17, 15) is 14.4 Å². The Kier molecular flexibility index (Phi) is 7.73. The van der Waals surface area contributed by atoms with E-state index in [0.717, 1.165) is 36.8 Å². The molecule has 0 aromatic heterocycles. The van der Waals surface area contributed by atoms with E-state index in [2.05, 4.69) is 34.9 Å². The van der Waals surface area contributed by atoms with Gasteiger partial charge in [-0.2, -0.15) is 0 Å². The molecule has 7 heteroatoms. The van der Waals surface area contributed by atoms with Crippen molar-refractivity contribution in [3.63, 3.8) is 0 Å². The summed E-state index contributed by atoms with van der Waals surface area (Å²) in [5, 5.41) is 14.6. The smallest absolute Gasteiger partial charge is 0.407 e. The van der Waals surface area contributed by atoms with Gasteiger partial charge >= 0.3 is 12.1 Å². The number of ether oxygens (including phenoxy) is 1. The van der Waals surface area contributed by atoms with Gasteiger partial charge in [-0.15, -0.1) is 0 Å². The molecule has 1 fully saturated rings. The van der Waals surface area contributed by atoms with E-state index in [1.165, 1.54) is 11.1 Å². The predicted molar refractivity (Wildman–Crippen MR) is 133 cm³/mol. The maximum Gasteiger partial charge on any atom is 0.407 e. The molecule has 2 aliphatic rings. The van der Waals surface area contributed by atoms with Crippen molar-refractivity contribution in [2.24, 2.45) is 11.3 Å². The average Bonchev–Trinajstić information content (AvgIpc) is 3.60. The highest BCUT2D eigenvalue weighted by atomic mass is 16.5. The molecule has 35 heavy (non-hydrogen) atoms. The number of amides is 2. The van der Waals surface area contributed by atoms with Gasteiger partial charge in [0.05, 0.1) is 5.41 Å². The highest BCUT2D eigenvalue weighted by Gasteiger charge is 2.49. The fourth-order valence-corrected chi connectivity index (χ4v) is 4.98. The van der Waals surface area contributed by atoms with Gasteiger partial charge < -0.3 is 20.5 Å². The minimum absolute atomic E-state index is 0.000952. The molecular weight excluding hydrogens is 444 g/mol. The molecule has 2 aromatic carbocycles. The Bertz CT molecular complexity index is 1030. The molecule has 1 unspecified atom stereocenters. The lowest BCUT2D eigenvalue weighted by molar-refractivity contribution is -0.137. The van der Waals surface area contributed by atoms with Crippen molar-refractivity contribution in [2.45, 2.75) is 51.4 Å². The molecule has 4 rings (SSSR count). The highest BCUT2D eigenvalue weighted by molar-refractivity contribution is 5.86. The number of carbonyl (C=O) groups excluding carboxylic acids is 2. The van der Waals surface area contributed by atoms with E-state index < -0.39 is 17.5 Å². The zero-order valence-electron chi connectivity index (χ0n) is 20.2. The maximum atomic E-state index is 12.7. The molecule has 3 N–H and O–H groups in total. The fraction of sp³-hybridized carbons (Fsp3) is 0.464. The second-order valence-corrected chi connectivity index (χ2v) is 9.71. The summed E-state index contributed by atoms with van der Waals surface area (Å²) in [6.45, 7) is 3.05. The van der Waals surface area contributed by atoms with Crippen molar-refractivity contribution in [3.05, 3.63) is 59.7 Å². The topological polar surface area (TPSA) is 105 Å². The van der Waals surface area contributed by atoms with Crippen LogP contribution in [0.25, 0.3) is 11.1 Å². The van der Waals surface area contributed by atoms with Gasteiger partial charge in [-0.25, -0.2) is 4.79 Å². The van der Waals surface area contributed by atoms with Crippen LogP contribution in [0.5, 0.6) is 0 Å². The summed E-state index contributed by atoms with van der Waals surface area (Å²) < 4.78 is 5.59. The third kappa shape index (κ3) is 5.84. The van der Waals surface area contributed by atoms with Crippen molar-refractivity contribution in [2.75, 3.05) is 19.7 Å². The SMILES string of the molecule is CCC(CCNC(=O)C1(CNC(=O)OCC2c3ccccc3-c3ccccc32)CC1)CCC(=O)O. The Labute approximate surface area is 206 Å². The van der Waals surface area contributed by atoms with Gasteiger partial charge in [0.2, 0.25) is 5.91 Å². The predicted octanol–water partition coefficient (Wildman–Crippen LogP) is 4.70.